The third-order valence-corrected chi connectivity index (χ3v) is 4.67. The van der Waals surface area contributed by atoms with Crippen LogP contribution in [0.3, 0.4) is 0 Å². The minimum absolute atomic E-state index is 0.225. The van der Waals surface area contributed by atoms with Crippen molar-refractivity contribution in [2.24, 2.45) is 0 Å². The van der Waals surface area contributed by atoms with Crippen LogP contribution >= 0.6 is 27.3 Å². The van der Waals surface area contributed by atoms with Crippen molar-refractivity contribution in [3.8, 4) is 5.75 Å². The number of aliphatic hydroxyl groups is 1. The first-order valence-electron chi connectivity index (χ1n) is 6.53. The minimum Gasteiger partial charge on any atom is -0.467 e. The molecule has 2 aromatic rings. The van der Waals surface area contributed by atoms with Crippen LogP contribution in [0.25, 0.3) is 0 Å². The maximum absolute atomic E-state index is 10.1. The van der Waals surface area contributed by atoms with E-state index < -0.39 is 6.10 Å². The van der Waals surface area contributed by atoms with Gasteiger partial charge in [0.05, 0.1) is 0 Å². The van der Waals surface area contributed by atoms with Gasteiger partial charge in [0.2, 0.25) is 0 Å². The standard InChI is InChI=1S/C15H18BrNO3S/c1-19-10-20-14-5-3-2-4-11(14)7-17-8-13(18)15-6-12(16)9-21-15/h2-6,9,13,17-18H,7-8,10H2,1H3/t13-/m1/s1. The Kier molecular flexibility index (Phi) is 6.66. The minimum atomic E-state index is -0.506. The van der Waals surface area contributed by atoms with E-state index in [1.54, 1.807) is 18.4 Å². The van der Waals surface area contributed by atoms with Gasteiger partial charge in [-0.2, -0.15) is 0 Å². The lowest BCUT2D eigenvalue weighted by molar-refractivity contribution is 0.0503. The van der Waals surface area contributed by atoms with Gasteiger partial charge in [-0.15, -0.1) is 11.3 Å². The lowest BCUT2D eigenvalue weighted by Gasteiger charge is -2.13. The van der Waals surface area contributed by atoms with Crippen molar-refractivity contribution in [2.45, 2.75) is 12.6 Å². The van der Waals surface area contributed by atoms with Gasteiger partial charge in [0.25, 0.3) is 0 Å². The molecule has 1 aromatic carbocycles. The highest BCUT2D eigenvalue weighted by Gasteiger charge is 2.10. The fourth-order valence-corrected chi connectivity index (χ4v) is 3.29. The average molecular weight is 372 g/mol. The van der Waals surface area contributed by atoms with Gasteiger partial charge >= 0.3 is 0 Å². The van der Waals surface area contributed by atoms with Gasteiger partial charge in [-0.3, -0.25) is 0 Å². The van der Waals surface area contributed by atoms with E-state index in [4.69, 9.17) is 9.47 Å². The van der Waals surface area contributed by atoms with Crippen molar-refractivity contribution in [3.05, 3.63) is 50.6 Å². The van der Waals surface area contributed by atoms with Crippen LogP contribution in [0.5, 0.6) is 5.75 Å². The summed E-state index contributed by atoms with van der Waals surface area (Å²) in [5.74, 6) is 0.792. The fraction of sp³-hybridized carbons (Fsp3) is 0.333. The SMILES string of the molecule is COCOc1ccccc1CNC[C@@H](O)c1cc(Br)cs1. The van der Waals surface area contributed by atoms with E-state index in [2.05, 4.69) is 21.2 Å². The third kappa shape index (κ3) is 5.09. The molecule has 6 heteroatoms. The van der Waals surface area contributed by atoms with Crippen LogP contribution in [0.15, 0.2) is 40.2 Å². The van der Waals surface area contributed by atoms with Crippen LogP contribution in [-0.2, 0) is 11.3 Å². The summed E-state index contributed by atoms with van der Waals surface area (Å²) in [5, 5.41) is 15.3. The number of methoxy groups -OCH3 is 1. The van der Waals surface area contributed by atoms with Gasteiger partial charge in [-0.05, 0) is 28.1 Å². The molecule has 21 heavy (non-hydrogen) atoms. The highest BCUT2D eigenvalue weighted by Crippen LogP contribution is 2.25. The Morgan fingerprint density at radius 3 is 2.90 bits per heavy atom. The van der Waals surface area contributed by atoms with Crippen LogP contribution in [0.2, 0.25) is 0 Å². The van der Waals surface area contributed by atoms with Crippen molar-refractivity contribution < 1.29 is 14.6 Å². The molecular formula is C15H18BrNO3S. The third-order valence-electron chi connectivity index (χ3n) is 2.87. The Labute approximate surface area is 136 Å². The highest BCUT2D eigenvalue weighted by atomic mass is 79.9. The average Bonchev–Trinajstić information content (AvgIpc) is 2.93. The molecule has 0 aliphatic heterocycles. The second-order valence-corrected chi connectivity index (χ2v) is 6.33. The van der Waals surface area contributed by atoms with Gasteiger partial charge in [0.1, 0.15) is 11.9 Å². The molecule has 0 amide bonds. The second-order valence-electron chi connectivity index (χ2n) is 4.47. The molecule has 0 aliphatic carbocycles. The van der Waals surface area contributed by atoms with Gasteiger partial charge < -0.3 is 19.9 Å². The topological polar surface area (TPSA) is 50.7 Å². The number of hydrogen-bond acceptors (Lipinski definition) is 5. The Balaban J connectivity index is 1.85. The van der Waals surface area contributed by atoms with Crippen molar-refractivity contribution in [2.75, 3.05) is 20.4 Å². The van der Waals surface area contributed by atoms with Crippen LogP contribution in [-0.4, -0.2) is 25.6 Å². The van der Waals surface area contributed by atoms with Gasteiger partial charge in [0, 0.05) is 40.5 Å². The molecule has 1 atom stereocenters. The van der Waals surface area contributed by atoms with Crippen molar-refractivity contribution >= 4 is 27.3 Å². The Bertz CT molecular complexity index is 561. The quantitative estimate of drug-likeness (QED) is 0.698. The molecule has 0 saturated heterocycles. The van der Waals surface area contributed by atoms with E-state index >= 15 is 0 Å². The zero-order chi connectivity index (χ0) is 15.1. The van der Waals surface area contributed by atoms with E-state index in [0.29, 0.717) is 13.1 Å². The number of benzene rings is 1. The van der Waals surface area contributed by atoms with Crippen LogP contribution in [0.4, 0.5) is 0 Å². The normalized spacial score (nSPS) is 12.3. The summed E-state index contributed by atoms with van der Waals surface area (Å²) in [6.07, 6.45) is -0.506. The lowest BCUT2D eigenvalue weighted by Crippen LogP contribution is -2.21. The number of nitrogens with one attached hydrogen (secondary N) is 1. The maximum Gasteiger partial charge on any atom is 0.188 e. The molecular weight excluding hydrogens is 354 g/mol. The predicted molar refractivity (Wildman–Crippen MR) is 87.6 cm³/mol. The van der Waals surface area contributed by atoms with E-state index in [1.165, 1.54) is 0 Å². The van der Waals surface area contributed by atoms with E-state index in [1.807, 2.05) is 35.7 Å². The first-order valence-corrected chi connectivity index (χ1v) is 8.20. The van der Waals surface area contributed by atoms with Crippen molar-refractivity contribution in [3.63, 3.8) is 0 Å². The number of aliphatic hydroxyl groups excluding tert-OH is 1. The summed E-state index contributed by atoms with van der Waals surface area (Å²) in [6.45, 7) is 1.35. The predicted octanol–water partition coefficient (Wildman–Crippen LogP) is 3.32. The summed E-state index contributed by atoms with van der Waals surface area (Å²) >= 11 is 4.93. The van der Waals surface area contributed by atoms with Gasteiger partial charge in [-0.1, -0.05) is 18.2 Å². The summed E-state index contributed by atoms with van der Waals surface area (Å²) in [4.78, 5) is 0.943. The monoisotopic (exact) mass is 371 g/mol. The smallest absolute Gasteiger partial charge is 0.188 e. The van der Waals surface area contributed by atoms with Gasteiger partial charge in [0.15, 0.2) is 6.79 Å². The molecule has 0 radical (unpaired) electrons. The molecule has 1 heterocycles. The van der Waals surface area contributed by atoms with E-state index in [9.17, 15) is 5.11 Å². The summed E-state index contributed by atoms with van der Waals surface area (Å²) < 4.78 is 11.4. The second kappa shape index (κ2) is 8.51. The number of rotatable bonds is 8. The molecule has 0 unspecified atom stereocenters. The number of para-hydroxylation sites is 1. The Hall–Kier alpha value is -0.920. The van der Waals surface area contributed by atoms with E-state index in [0.717, 1.165) is 20.7 Å². The molecule has 2 N–H and O–H groups in total. The highest BCUT2D eigenvalue weighted by molar-refractivity contribution is 9.10. The first kappa shape index (κ1) is 16.5. The maximum atomic E-state index is 10.1. The Morgan fingerprint density at radius 1 is 1.38 bits per heavy atom. The molecule has 0 aliphatic rings. The molecule has 0 saturated carbocycles. The summed E-state index contributed by atoms with van der Waals surface area (Å²) in [5.41, 5.74) is 1.04. The first-order chi connectivity index (χ1) is 10.2. The van der Waals surface area contributed by atoms with Crippen LogP contribution < -0.4 is 10.1 Å². The fourth-order valence-electron chi connectivity index (χ4n) is 1.86. The molecule has 114 valence electrons. The summed E-state index contributed by atoms with van der Waals surface area (Å²) in [7, 11) is 1.59. The number of ether oxygens (including phenoxy) is 2. The molecule has 4 nitrogen and oxygen atoms in total. The molecule has 1 aromatic heterocycles. The zero-order valence-corrected chi connectivity index (χ0v) is 14.1. The molecule has 2 rings (SSSR count). The largest absolute Gasteiger partial charge is 0.467 e. The number of halogens is 1. The van der Waals surface area contributed by atoms with Crippen LogP contribution in [0, 0.1) is 0 Å². The molecule has 0 spiro atoms. The Morgan fingerprint density at radius 2 is 2.19 bits per heavy atom. The summed E-state index contributed by atoms with van der Waals surface area (Å²) in [6, 6.07) is 9.72. The number of thiophene rings is 1. The van der Waals surface area contributed by atoms with Gasteiger partial charge in [-0.25, -0.2) is 0 Å². The lowest BCUT2D eigenvalue weighted by atomic mass is 10.2. The van der Waals surface area contributed by atoms with Crippen molar-refractivity contribution in [1.82, 2.24) is 5.32 Å². The van der Waals surface area contributed by atoms with Crippen LogP contribution in [0.1, 0.15) is 16.5 Å². The zero-order valence-electron chi connectivity index (χ0n) is 11.7. The molecule has 0 bridgehead atoms. The van der Waals surface area contributed by atoms with E-state index in [-0.39, 0.29) is 6.79 Å². The number of hydrogen-bond donors (Lipinski definition) is 2. The van der Waals surface area contributed by atoms with Crippen molar-refractivity contribution in [1.29, 1.82) is 0 Å². The molecule has 0 fully saturated rings.